The SMILES string of the molecule is COc1c(CC(O)N(C)C)cccc1OC(N)=O. The summed E-state index contributed by atoms with van der Waals surface area (Å²) in [7, 11) is 5.00. The van der Waals surface area contributed by atoms with Crippen LogP contribution in [0.2, 0.25) is 0 Å². The second-order valence-electron chi connectivity index (χ2n) is 4.02. The van der Waals surface area contributed by atoms with Gasteiger partial charge in [0.1, 0.15) is 6.23 Å². The van der Waals surface area contributed by atoms with Crippen LogP contribution < -0.4 is 15.2 Å². The van der Waals surface area contributed by atoms with E-state index in [9.17, 15) is 9.90 Å². The lowest BCUT2D eigenvalue weighted by molar-refractivity contribution is 0.0407. The minimum atomic E-state index is -0.904. The minimum Gasteiger partial charge on any atom is -0.493 e. The molecule has 3 N–H and O–H groups in total. The van der Waals surface area contributed by atoms with Crippen LogP contribution >= 0.6 is 0 Å². The number of likely N-dealkylation sites (N-methyl/N-ethyl adjacent to an activating group) is 1. The molecule has 0 radical (unpaired) electrons. The van der Waals surface area contributed by atoms with Gasteiger partial charge in [0, 0.05) is 12.0 Å². The molecule has 0 fully saturated rings. The van der Waals surface area contributed by atoms with E-state index >= 15 is 0 Å². The average Bonchev–Trinajstić information content (AvgIpc) is 2.28. The number of nitrogens with two attached hydrogens (primary N) is 1. The van der Waals surface area contributed by atoms with Crippen molar-refractivity contribution in [3.63, 3.8) is 0 Å². The molecule has 0 saturated heterocycles. The lowest BCUT2D eigenvalue weighted by Gasteiger charge is -2.20. The summed E-state index contributed by atoms with van der Waals surface area (Å²) in [6.45, 7) is 0. The first-order valence-electron chi connectivity index (χ1n) is 5.43. The van der Waals surface area contributed by atoms with E-state index in [2.05, 4.69) is 0 Å². The smallest absolute Gasteiger partial charge is 0.410 e. The summed E-state index contributed by atoms with van der Waals surface area (Å²) >= 11 is 0. The van der Waals surface area contributed by atoms with Gasteiger partial charge in [-0.05, 0) is 20.2 Å². The molecule has 6 heteroatoms. The Bertz CT molecular complexity index is 421. The third kappa shape index (κ3) is 3.61. The molecule has 0 aliphatic heterocycles. The number of primary amides is 1. The van der Waals surface area contributed by atoms with E-state index in [1.807, 2.05) is 0 Å². The number of rotatable bonds is 5. The topological polar surface area (TPSA) is 85.0 Å². The number of aliphatic hydroxyl groups excluding tert-OH is 1. The number of hydrogen-bond donors (Lipinski definition) is 2. The highest BCUT2D eigenvalue weighted by Gasteiger charge is 2.16. The van der Waals surface area contributed by atoms with Crippen LogP contribution in [0.4, 0.5) is 4.79 Å². The molecule has 1 aromatic rings. The molecule has 1 rings (SSSR count). The number of amides is 1. The van der Waals surface area contributed by atoms with Crippen molar-refractivity contribution in [3.05, 3.63) is 23.8 Å². The zero-order chi connectivity index (χ0) is 13.7. The van der Waals surface area contributed by atoms with Gasteiger partial charge < -0.3 is 20.3 Å². The van der Waals surface area contributed by atoms with E-state index in [0.717, 1.165) is 5.56 Å². The fourth-order valence-electron chi connectivity index (χ4n) is 1.52. The van der Waals surface area contributed by atoms with Crippen LogP contribution in [0.25, 0.3) is 0 Å². The van der Waals surface area contributed by atoms with Gasteiger partial charge >= 0.3 is 6.09 Å². The maximum atomic E-state index is 10.8. The number of para-hydroxylation sites is 1. The molecule has 0 bridgehead atoms. The zero-order valence-corrected chi connectivity index (χ0v) is 10.7. The van der Waals surface area contributed by atoms with Crippen molar-refractivity contribution < 1.29 is 19.4 Å². The molecule has 0 spiro atoms. The number of carbonyl (C=O) groups is 1. The van der Waals surface area contributed by atoms with Crippen molar-refractivity contribution in [3.8, 4) is 11.5 Å². The molecule has 0 aromatic heterocycles. The zero-order valence-electron chi connectivity index (χ0n) is 10.7. The normalized spacial score (nSPS) is 12.3. The largest absolute Gasteiger partial charge is 0.493 e. The van der Waals surface area contributed by atoms with Gasteiger partial charge in [0.25, 0.3) is 0 Å². The molecule has 0 heterocycles. The Balaban J connectivity index is 3.00. The van der Waals surface area contributed by atoms with Crippen LogP contribution in [0.5, 0.6) is 11.5 Å². The minimum absolute atomic E-state index is 0.244. The van der Waals surface area contributed by atoms with Crippen molar-refractivity contribution in [1.82, 2.24) is 4.90 Å². The number of aliphatic hydroxyl groups is 1. The summed E-state index contributed by atoms with van der Waals surface area (Å²) < 4.78 is 10.0. The second kappa shape index (κ2) is 6.23. The number of methoxy groups -OCH3 is 1. The van der Waals surface area contributed by atoms with Crippen molar-refractivity contribution in [2.45, 2.75) is 12.6 Å². The molecule has 100 valence electrons. The van der Waals surface area contributed by atoms with E-state index in [-0.39, 0.29) is 5.75 Å². The number of benzene rings is 1. The van der Waals surface area contributed by atoms with E-state index < -0.39 is 12.3 Å². The summed E-state index contributed by atoms with van der Waals surface area (Å²) in [4.78, 5) is 12.4. The molecule has 1 unspecified atom stereocenters. The Kier molecular flexibility index (Phi) is 4.94. The summed E-state index contributed by atoms with van der Waals surface area (Å²) in [5.41, 5.74) is 5.71. The first-order valence-corrected chi connectivity index (χ1v) is 5.43. The van der Waals surface area contributed by atoms with Gasteiger partial charge in [-0.25, -0.2) is 4.79 Å². The summed E-state index contributed by atoms with van der Waals surface area (Å²) in [5, 5.41) is 9.81. The first-order chi connectivity index (χ1) is 8.45. The Hall–Kier alpha value is -1.79. The van der Waals surface area contributed by atoms with Crippen LogP contribution in [-0.2, 0) is 6.42 Å². The van der Waals surface area contributed by atoms with E-state index in [4.69, 9.17) is 15.2 Å². The second-order valence-corrected chi connectivity index (χ2v) is 4.02. The maximum absolute atomic E-state index is 10.8. The molecule has 18 heavy (non-hydrogen) atoms. The predicted molar refractivity (Wildman–Crippen MR) is 66.6 cm³/mol. The summed E-state index contributed by atoms with van der Waals surface area (Å²) in [6.07, 6.45) is -1.20. The van der Waals surface area contributed by atoms with Crippen LogP contribution in [-0.4, -0.2) is 43.5 Å². The molecule has 6 nitrogen and oxygen atoms in total. The van der Waals surface area contributed by atoms with Gasteiger partial charge in [-0.3, -0.25) is 4.90 Å². The quantitative estimate of drug-likeness (QED) is 0.751. The fourth-order valence-corrected chi connectivity index (χ4v) is 1.52. The molecule has 0 aliphatic rings. The molecular formula is C12H18N2O4. The van der Waals surface area contributed by atoms with Crippen molar-refractivity contribution in [2.75, 3.05) is 21.2 Å². The Morgan fingerprint density at radius 3 is 2.67 bits per heavy atom. The molecule has 0 aliphatic carbocycles. The molecule has 1 atom stereocenters. The highest BCUT2D eigenvalue weighted by Crippen LogP contribution is 2.31. The van der Waals surface area contributed by atoms with Crippen LogP contribution in [0.15, 0.2) is 18.2 Å². The van der Waals surface area contributed by atoms with Crippen LogP contribution in [0, 0.1) is 0 Å². The van der Waals surface area contributed by atoms with Crippen molar-refractivity contribution in [2.24, 2.45) is 5.73 Å². The number of nitrogens with zero attached hydrogens (tertiary/aromatic N) is 1. The van der Waals surface area contributed by atoms with Gasteiger partial charge in [-0.1, -0.05) is 12.1 Å². The standard InChI is InChI=1S/C12H18N2O4/c1-14(2)10(15)7-8-5-4-6-9(11(8)17-3)18-12(13)16/h4-6,10,15H,7H2,1-3H3,(H2,13,16). The lowest BCUT2D eigenvalue weighted by Crippen LogP contribution is -2.29. The van der Waals surface area contributed by atoms with E-state index in [0.29, 0.717) is 12.2 Å². The van der Waals surface area contributed by atoms with Crippen molar-refractivity contribution >= 4 is 6.09 Å². The van der Waals surface area contributed by atoms with Gasteiger partial charge in [-0.2, -0.15) is 0 Å². The predicted octanol–water partition coefficient (Wildman–Crippen LogP) is 0.575. The van der Waals surface area contributed by atoms with E-state index in [1.165, 1.54) is 7.11 Å². The number of hydrogen-bond acceptors (Lipinski definition) is 5. The summed E-state index contributed by atoms with van der Waals surface area (Å²) in [5.74, 6) is 0.644. The van der Waals surface area contributed by atoms with Gasteiger partial charge in [-0.15, -0.1) is 0 Å². The molecule has 0 saturated carbocycles. The lowest BCUT2D eigenvalue weighted by atomic mass is 10.1. The van der Waals surface area contributed by atoms with Gasteiger partial charge in [0.2, 0.25) is 0 Å². The number of ether oxygens (including phenoxy) is 2. The highest BCUT2D eigenvalue weighted by atomic mass is 16.6. The Morgan fingerprint density at radius 2 is 2.17 bits per heavy atom. The average molecular weight is 254 g/mol. The highest BCUT2D eigenvalue weighted by molar-refractivity contribution is 5.69. The Labute approximate surface area is 106 Å². The monoisotopic (exact) mass is 254 g/mol. The van der Waals surface area contributed by atoms with Crippen molar-refractivity contribution in [1.29, 1.82) is 0 Å². The maximum Gasteiger partial charge on any atom is 0.410 e. The fraction of sp³-hybridized carbons (Fsp3) is 0.417. The molecule has 1 aromatic carbocycles. The van der Waals surface area contributed by atoms with E-state index in [1.54, 1.807) is 37.2 Å². The first kappa shape index (κ1) is 14.3. The van der Waals surface area contributed by atoms with Crippen LogP contribution in [0.3, 0.4) is 0 Å². The Morgan fingerprint density at radius 1 is 1.50 bits per heavy atom. The third-order valence-electron chi connectivity index (χ3n) is 2.47. The van der Waals surface area contributed by atoms with Gasteiger partial charge in [0.05, 0.1) is 7.11 Å². The van der Waals surface area contributed by atoms with Gasteiger partial charge in [0.15, 0.2) is 11.5 Å². The molecular weight excluding hydrogens is 236 g/mol. The summed E-state index contributed by atoms with van der Waals surface area (Å²) in [6, 6.07) is 5.08. The number of carbonyl (C=O) groups excluding carboxylic acids is 1. The molecule has 1 amide bonds. The van der Waals surface area contributed by atoms with Crippen LogP contribution in [0.1, 0.15) is 5.56 Å². The third-order valence-corrected chi connectivity index (χ3v) is 2.47.